The van der Waals surface area contributed by atoms with Gasteiger partial charge in [0.15, 0.2) is 0 Å². The Morgan fingerprint density at radius 1 is 1.26 bits per heavy atom. The third-order valence-corrected chi connectivity index (χ3v) is 3.41. The van der Waals surface area contributed by atoms with E-state index in [9.17, 15) is 4.79 Å². The first-order valence-corrected chi connectivity index (χ1v) is 7.04. The fourth-order valence-electron chi connectivity index (χ4n) is 2.27. The van der Waals surface area contributed by atoms with Crippen molar-refractivity contribution in [3.63, 3.8) is 0 Å². The molecule has 0 spiro atoms. The summed E-state index contributed by atoms with van der Waals surface area (Å²) in [5, 5.41) is 6.41. The van der Waals surface area contributed by atoms with E-state index >= 15 is 0 Å². The third kappa shape index (κ3) is 4.35. The van der Waals surface area contributed by atoms with Gasteiger partial charge in [0.1, 0.15) is 0 Å². The summed E-state index contributed by atoms with van der Waals surface area (Å²) < 4.78 is 0. The van der Waals surface area contributed by atoms with Crippen LogP contribution >= 0.6 is 0 Å². The lowest BCUT2D eigenvalue weighted by Gasteiger charge is -2.32. The Morgan fingerprint density at radius 3 is 2.42 bits per heavy atom. The normalized spacial score (nSPS) is 17.0. The summed E-state index contributed by atoms with van der Waals surface area (Å²) in [6, 6.07) is 10.9. The minimum atomic E-state index is 0.0706. The smallest absolute Gasteiger partial charge is 0.234 e. The molecule has 2 N–H and O–H groups in total. The Hall–Kier alpha value is -1.35. The van der Waals surface area contributed by atoms with Gasteiger partial charge >= 0.3 is 0 Å². The van der Waals surface area contributed by atoms with Crippen LogP contribution in [-0.2, 0) is 4.79 Å². The summed E-state index contributed by atoms with van der Waals surface area (Å²) in [5.74, 6) is 0.104. The zero-order chi connectivity index (χ0) is 13.9. The van der Waals surface area contributed by atoms with Gasteiger partial charge in [0.25, 0.3) is 0 Å². The molecule has 2 rings (SSSR count). The van der Waals surface area contributed by atoms with Crippen LogP contribution in [0.2, 0.25) is 0 Å². The van der Waals surface area contributed by atoms with Gasteiger partial charge in [0.2, 0.25) is 5.91 Å². The van der Waals surface area contributed by atoms with E-state index in [-0.39, 0.29) is 17.4 Å². The molecule has 1 aromatic carbocycles. The molecule has 0 radical (unpaired) electrons. The van der Waals surface area contributed by atoms with Crippen LogP contribution in [-0.4, -0.2) is 18.5 Å². The van der Waals surface area contributed by atoms with Crippen LogP contribution in [0.4, 0.5) is 0 Å². The molecule has 1 aromatic rings. The van der Waals surface area contributed by atoms with Crippen LogP contribution in [0.3, 0.4) is 0 Å². The molecule has 1 aliphatic rings. The number of rotatable bonds is 5. The first kappa shape index (κ1) is 14.1. The Morgan fingerprint density at radius 2 is 1.89 bits per heavy atom. The minimum Gasteiger partial charge on any atom is -0.352 e. The number of benzene rings is 1. The Bertz CT molecular complexity index is 418. The topological polar surface area (TPSA) is 41.1 Å². The Kier molecular flexibility index (Phi) is 4.25. The molecule has 1 atom stereocenters. The maximum absolute atomic E-state index is 11.8. The predicted molar refractivity (Wildman–Crippen MR) is 77.8 cm³/mol. The molecule has 1 saturated carbocycles. The number of hydrogen-bond acceptors (Lipinski definition) is 2. The number of hydrogen-bond donors (Lipinski definition) is 2. The van der Waals surface area contributed by atoms with Gasteiger partial charge in [-0.15, -0.1) is 0 Å². The van der Waals surface area contributed by atoms with E-state index < -0.39 is 0 Å². The Balaban J connectivity index is 1.96. The highest BCUT2D eigenvalue weighted by Gasteiger charge is 2.27. The van der Waals surface area contributed by atoms with Crippen molar-refractivity contribution in [1.29, 1.82) is 0 Å². The molecule has 0 heterocycles. The quantitative estimate of drug-likeness (QED) is 0.854. The van der Waals surface area contributed by atoms with E-state index in [4.69, 9.17) is 0 Å². The molecule has 0 aliphatic heterocycles. The van der Waals surface area contributed by atoms with Crippen LogP contribution < -0.4 is 10.6 Å². The lowest BCUT2D eigenvalue weighted by molar-refractivity contribution is -0.120. The van der Waals surface area contributed by atoms with Crippen LogP contribution in [0.1, 0.15) is 45.2 Å². The van der Waals surface area contributed by atoms with Crippen LogP contribution in [0.25, 0.3) is 0 Å². The zero-order valence-electron chi connectivity index (χ0n) is 12.1. The van der Waals surface area contributed by atoms with Crippen molar-refractivity contribution in [3.05, 3.63) is 35.9 Å². The number of carbonyl (C=O) groups is 1. The number of nitrogens with one attached hydrogen (secondary N) is 2. The standard InChI is InChI=1S/C16H24N2O/c1-16(2,3)15(12-7-5-4-6-8-12)17-11-14(19)18-13-9-10-13/h4-8,13,15,17H,9-11H2,1-3H3,(H,18,19). The highest BCUT2D eigenvalue weighted by molar-refractivity contribution is 5.78. The molecule has 1 unspecified atom stereocenters. The molecular formula is C16H24N2O. The maximum Gasteiger partial charge on any atom is 0.234 e. The Labute approximate surface area is 115 Å². The highest BCUT2D eigenvalue weighted by atomic mass is 16.2. The van der Waals surface area contributed by atoms with E-state index in [1.54, 1.807) is 0 Å². The number of carbonyl (C=O) groups excluding carboxylic acids is 1. The molecule has 1 fully saturated rings. The second-order valence-electron chi connectivity index (χ2n) is 6.43. The van der Waals surface area contributed by atoms with E-state index in [2.05, 4.69) is 43.5 Å². The lowest BCUT2D eigenvalue weighted by Crippen LogP contribution is -2.40. The van der Waals surface area contributed by atoms with Crippen molar-refractivity contribution >= 4 is 5.91 Å². The van der Waals surface area contributed by atoms with Crippen molar-refractivity contribution in [2.24, 2.45) is 5.41 Å². The van der Waals surface area contributed by atoms with Crippen molar-refractivity contribution in [1.82, 2.24) is 10.6 Å². The van der Waals surface area contributed by atoms with Gasteiger partial charge in [0.05, 0.1) is 6.54 Å². The van der Waals surface area contributed by atoms with Crippen molar-refractivity contribution in [2.75, 3.05) is 6.54 Å². The van der Waals surface area contributed by atoms with Gasteiger partial charge in [0, 0.05) is 12.1 Å². The van der Waals surface area contributed by atoms with Gasteiger partial charge in [-0.2, -0.15) is 0 Å². The van der Waals surface area contributed by atoms with E-state index in [1.807, 2.05) is 18.2 Å². The molecule has 1 aliphatic carbocycles. The van der Waals surface area contributed by atoms with Crippen LogP contribution in [0, 0.1) is 5.41 Å². The summed E-state index contributed by atoms with van der Waals surface area (Å²) in [7, 11) is 0. The van der Waals surface area contributed by atoms with Crippen molar-refractivity contribution in [2.45, 2.75) is 45.7 Å². The van der Waals surface area contributed by atoms with Crippen LogP contribution in [0.15, 0.2) is 30.3 Å². The second kappa shape index (κ2) is 5.74. The average Bonchev–Trinajstić information content (AvgIpc) is 3.13. The van der Waals surface area contributed by atoms with Crippen molar-refractivity contribution in [3.8, 4) is 0 Å². The zero-order valence-corrected chi connectivity index (χ0v) is 12.1. The van der Waals surface area contributed by atoms with Gasteiger partial charge in [-0.25, -0.2) is 0 Å². The SMILES string of the molecule is CC(C)(C)C(NCC(=O)NC1CC1)c1ccccc1. The third-order valence-electron chi connectivity index (χ3n) is 3.41. The van der Waals surface area contributed by atoms with E-state index in [0.29, 0.717) is 12.6 Å². The largest absolute Gasteiger partial charge is 0.352 e. The minimum absolute atomic E-state index is 0.0706. The summed E-state index contributed by atoms with van der Waals surface area (Å²) in [5.41, 5.74) is 1.30. The predicted octanol–water partition coefficient (Wildman–Crippen LogP) is 2.64. The summed E-state index contributed by atoms with van der Waals surface area (Å²) in [4.78, 5) is 11.8. The van der Waals surface area contributed by atoms with Crippen LogP contribution in [0.5, 0.6) is 0 Å². The van der Waals surface area contributed by atoms with Gasteiger partial charge < -0.3 is 10.6 Å². The second-order valence-corrected chi connectivity index (χ2v) is 6.43. The maximum atomic E-state index is 11.8. The molecule has 3 heteroatoms. The highest BCUT2D eigenvalue weighted by Crippen LogP contribution is 2.32. The van der Waals surface area contributed by atoms with Gasteiger partial charge in [-0.05, 0) is 23.8 Å². The first-order valence-electron chi connectivity index (χ1n) is 7.04. The van der Waals surface area contributed by atoms with E-state index in [0.717, 1.165) is 12.8 Å². The van der Waals surface area contributed by atoms with E-state index in [1.165, 1.54) is 5.56 Å². The summed E-state index contributed by atoms with van der Waals surface area (Å²) in [6.45, 7) is 6.96. The first-order chi connectivity index (χ1) is 8.97. The fourth-order valence-corrected chi connectivity index (χ4v) is 2.27. The summed E-state index contributed by atoms with van der Waals surface area (Å²) >= 11 is 0. The molecular weight excluding hydrogens is 236 g/mol. The van der Waals surface area contributed by atoms with Crippen molar-refractivity contribution < 1.29 is 4.79 Å². The molecule has 0 aromatic heterocycles. The average molecular weight is 260 g/mol. The monoisotopic (exact) mass is 260 g/mol. The molecule has 3 nitrogen and oxygen atoms in total. The molecule has 0 saturated heterocycles. The molecule has 0 bridgehead atoms. The van der Waals surface area contributed by atoms with Gasteiger partial charge in [-0.1, -0.05) is 51.1 Å². The molecule has 1 amide bonds. The number of amides is 1. The molecule has 104 valence electrons. The lowest BCUT2D eigenvalue weighted by atomic mass is 9.82. The molecule has 19 heavy (non-hydrogen) atoms. The van der Waals surface area contributed by atoms with Gasteiger partial charge in [-0.3, -0.25) is 4.79 Å². The fraction of sp³-hybridized carbons (Fsp3) is 0.562. The summed E-state index contributed by atoms with van der Waals surface area (Å²) in [6.07, 6.45) is 2.26.